The summed E-state index contributed by atoms with van der Waals surface area (Å²) < 4.78 is 15.8. The maximum atomic E-state index is 13.5. The molecule has 3 aliphatic rings. The molecule has 4 rings (SSSR count). The zero-order valence-electron chi connectivity index (χ0n) is 23.0. The van der Waals surface area contributed by atoms with Crippen molar-refractivity contribution in [3.63, 3.8) is 0 Å². The van der Waals surface area contributed by atoms with E-state index in [0.717, 1.165) is 50.5 Å². The lowest BCUT2D eigenvalue weighted by Crippen LogP contribution is -2.53. The number of nitrogens with one attached hydrogen (secondary N) is 3. The van der Waals surface area contributed by atoms with Crippen molar-refractivity contribution < 1.29 is 33.4 Å². The molecule has 0 radical (unpaired) electrons. The molecule has 2 unspecified atom stereocenters. The fourth-order valence-electron chi connectivity index (χ4n) is 6.12. The Morgan fingerprint density at radius 2 is 1.85 bits per heavy atom. The zero-order chi connectivity index (χ0) is 28.5. The highest BCUT2D eigenvalue weighted by Crippen LogP contribution is 2.36. The standard InChI is InChI=1S/C29H40ClN3O7/c1-38-27(36)24(16-21-17-29(33-25(21)34)10-12-39-13-11-29)31-26(35)23(15-19-6-3-2-4-7-19)32-28(37)40-18-20-8-5-9-22(30)14-20/h5,8-9,14,19,21,23-24H,2-4,6-7,10-13,15-18H2,1H3,(H,31,35)(H,32,37)(H,33,34)/t21?,23-,24?/m0/s1. The van der Waals surface area contributed by atoms with Crippen LogP contribution < -0.4 is 16.0 Å². The highest BCUT2D eigenvalue weighted by Gasteiger charge is 2.46. The van der Waals surface area contributed by atoms with Gasteiger partial charge in [-0.15, -0.1) is 0 Å². The van der Waals surface area contributed by atoms with E-state index < -0.39 is 36.0 Å². The summed E-state index contributed by atoms with van der Waals surface area (Å²) in [6.07, 6.45) is 7.06. The largest absolute Gasteiger partial charge is 0.467 e. The van der Waals surface area contributed by atoms with E-state index in [9.17, 15) is 19.2 Å². The minimum atomic E-state index is -1.03. The van der Waals surface area contributed by atoms with Gasteiger partial charge in [-0.05, 0) is 55.7 Å². The molecule has 40 heavy (non-hydrogen) atoms. The van der Waals surface area contributed by atoms with Crippen LogP contribution >= 0.6 is 11.6 Å². The number of ether oxygens (including phenoxy) is 3. The number of alkyl carbamates (subject to hydrolysis) is 1. The van der Waals surface area contributed by atoms with Crippen LogP contribution in [0.4, 0.5) is 4.79 Å². The SMILES string of the molecule is COC(=O)C(CC1CC2(CCOCC2)NC1=O)NC(=O)[C@H](CC1CCCCC1)NC(=O)OCc1cccc(Cl)c1. The lowest BCUT2D eigenvalue weighted by atomic mass is 9.83. The van der Waals surface area contributed by atoms with Crippen molar-refractivity contribution in [2.45, 2.75) is 88.4 Å². The van der Waals surface area contributed by atoms with Crippen molar-refractivity contribution in [2.24, 2.45) is 11.8 Å². The summed E-state index contributed by atoms with van der Waals surface area (Å²) in [4.78, 5) is 51.8. The minimum Gasteiger partial charge on any atom is -0.467 e. The predicted molar refractivity (Wildman–Crippen MR) is 147 cm³/mol. The first-order chi connectivity index (χ1) is 19.3. The van der Waals surface area contributed by atoms with Crippen molar-refractivity contribution in [3.05, 3.63) is 34.9 Å². The minimum absolute atomic E-state index is 0.00146. The van der Waals surface area contributed by atoms with Gasteiger partial charge in [0.25, 0.3) is 0 Å². The second-order valence-corrected chi connectivity index (χ2v) is 11.7. The predicted octanol–water partition coefficient (Wildman–Crippen LogP) is 3.64. The van der Waals surface area contributed by atoms with Gasteiger partial charge in [0.15, 0.2) is 0 Å². The molecule has 1 aromatic rings. The van der Waals surface area contributed by atoms with Gasteiger partial charge in [0.05, 0.1) is 7.11 Å². The summed E-state index contributed by atoms with van der Waals surface area (Å²) in [6.45, 7) is 1.15. The first-order valence-electron chi connectivity index (χ1n) is 14.2. The van der Waals surface area contributed by atoms with Crippen molar-refractivity contribution in [3.8, 4) is 0 Å². The van der Waals surface area contributed by atoms with Crippen LogP contribution in [0.2, 0.25) is 5.02 Å². The molecular formula is C29H40ClN3O7. The third-order valence-electron chi connectivity index (χ3n) is 8.33. The Balaban J connectivity index is 1.40. The molecule has 1 aromatic carbocycles. The molecule has 2 saturated heterocycles. The molecule has 0 bridgehead atoms. The van der Waals surface area contributed by atoms with E-state index in [0.29, 0.717) is 31.1 Å². The lowest BCUT2D eigenvalue weighted by molar-refractivity contribution is -0.146. The number of rotatable bonds is 10. The smallest absolute Gasteiger partial charge is 0.408 e. The maximum absolute atomic E-state index is 13.5. The maximum Gasteiger partial charge on any atom is 0.408 e. The number of carbonyl (C=O) groups excluding carboxylic acids is 4. The highest BCUT2D eigenvalue weighted by atomic mass is 35.5. The Morgan fingerprint density at radius 1 is 1.10 bits per heavy atom. The number of benzene rings is 1. The van der Waals surface area contributed by atoms with Crippen molar-refractivity contribution in [1.82, 2.24) is 16.0 Å². The van der Waals surface area contributed by atoms with Crippen LogP contribution in [0.5, 0.6) is 0 Å². The van der Waals surface area contributed by atoms with E-state index in [1.807, 2.05) is 0 Å². The number of methoxy groups -OCH3 is 1. The molecule has 3 atom stereocenters. The Labute approximate surface area is 240 Å². The Hall–Kier alpha value is -2.85. The van der Waals surface area contributed by atoms with Gasteiger partial charge in [-0.1, -0.05) is 55.8 Å². The van der Waals surface area contributed by atoms with Crippen LogP contribution in [0, 0.1) is 11.8 Å². The number of amides is 3. The molecule has 10 nitrogen and oxygen atoms in total. The van der Waals surface area contributed by atoms with Crippen molar-refractivity contribution in [2.75, 3.05) is 20.3 Å². The lowest BCUT2D eigenvalue weighted by Gasteiger charge is -2.33. The quantitative estimate of drug-likeness (QED) is 0.362. The van der Waals surface area contributed by atoms with Gasteiger partial charge in [-0.2, -0.15) is 0 Å². The van der Waals surface area contributed by atoms with Crippen LogP contribution in [0.15, 0.2) is 24.3 Å². The molecular weight excluding hydrogens is 538 g/mol. The summed E-state index contributed by atoms with van der Waals surface area (Å²) in [7, 11) is 1.25. The molecule has 2 aliphatic heterocycles. The summed E-state index contributed by atoms with van der Waals surface area (Å²) in [6, 6.07) is 5.05. The molecule has 2 heterocycles. The highest BCUT2D eigenvalue weighted by molar-refractivity contribution is 6.30. The second-order valence-electron chi connectivity index (χ2n) is 11.2. The first kappa shape index (κ1) is 30.1. The average Bonchev–Trinajstić information content (AvgIpc) is 3.24. The van der Waals surface area contributed by atoms with Gasteiger partial charge < -0.3 is 30.2 Å². The number of hydrogen-bond acceptors (Lipinski definition) is 7. The van der Waals surface area contributed by atoms with Crippen LogP contribution in [-0.2, 0) is 35.2 Å². The molecule has 1 spiro atoms. The van der Waals surface area contributed by atoms with Crippen LogP contribution in [0.3, 0.4) is 0 Å². The average molecular weight is 578 g/mol. The Morgan fingerprint density at radius 3 is 2.55 bits per heavy atom. The van der Waals surface area contributed by atoms with Crippen LogP contribution in [0.25, 0.3) is 0 Å². The molecule has 1 saturated carbocycles. The summed E-state index contributed by atoms with van der Waals surface area (Å²) >= 11 is 6.02. The molecule has 3 amide bonds. The summed E-state index contributed by atoms with van der Waals surface area (Å²) in [5, 5.41) is 9.12. The second kappa shape index (κ2) is 14.2. The van der Waals surface area contributed by atoms with E-state index >= 15 is 0 Å². The van der Waals surface area contributed by atoms with Gasteiger partial charge in [-0.25, -0.2) is 9.59 Å². The molecule has 1 aliphatic carbocycles. The molecule has 11 heteroatoms. The van der Waals surface area contributed by atoms with Crippen molar-refractivity contribution in [1.29, 1.82) is 0 Å². The van der Waals surface area contributed by atoms with Crippen LogP contribution in [0.1, 0.15) is 69.8 Å². The van der Waals surface area contributed by atoms with E-state index in [2.05, 4.69) is 16.0 Å². The molecule has 3 fully saturated rings. The van der Waals surface area contributed by atoms with Gasteiger partial charge in [0.1, 0.15) is 18.7 Å². The number of hydrogen-bond donors (Lipinski definition) is 3. The first-order valence-corrected chi connectivity index (χ1v) is 14.6. The van der Waals surface area contributed by atoms with Crippen molar-refractivity contribution >= 4 is 35.5 Å². The van der Waals surface area contributed by atoms with Gasteiger partial charge >= 0.3 is 12.1 Å². The Bertz CT molecular complexity index is 1060. The van der Waals surface area contributed by atoms with Gasteiger partial charge in [0, 0.05) is 29.7 Å². The van der Waals surface area contributed by atoms with Gasteiger partial charge in [0.2, 0.25) is 11.8 Å². The number of halogens is 1. The zero-order valence-corrected chi connectivity index (χ0v) is 23.8. The monoisotopic (exact) mass is 577 g/mol. The number of esters is 1. The van der Waals surface area contributed by atoms with E-state index in [4.69, 9.17) is 25.8 Å². The fraction of sp³-hybridized carbons (Fsp3) is 0.655. The third-order valence-corrected chi connectivity index (χ3v) is 8.57. The molecule has 3 N–H and O–H groups in total. The van der Waals surface area contributed by atoms with E-state index in [1.54, 1.807) is 24.3 Å². The summed E-state index contributed by atoms with van der Waals surface area (Å²) in [5.41, 5.74) is 0.390. The van der Waals surface area contributed by atoms with E-state index in [1.165, 1.54) is 7.11 Å². The summed E-state index contributed by atoms with van der Waals surface area (Å²) in [5.74, 6) is -1.45. The number of carbonyl (C=O) groups is 4. The third kappa shape index (κ3) is 8.33. The van der Waals surface area contributed by atoms with Crippen LogP contribution in [-0.4, -0.2) is 61.8 Å². The topological polar surface area (TPSA) is 132 Å². The van der Waals surface area contributed by atoms with E-state index in [-0.39, 0.29) is 30.4 Å². The normalized spacial score (nSPS) is 22.1. The molecule has 0 aromatic heterocycles. The Kier molecular flexibility index (Phi) is 10.7. The van der Waals surface area contributed by atoms with Gasteiger partial charge in [-0.3, -0.25) is 9.59 Å². The molecule has 220 valence electrons. The fourth-order valence-corrected chi connectivity index (χ4v) is 6.33.